The van der Waals surface area contributed by atoms with E-state index in [0.717, 1.165) is 25.7 Å². The zero-order valence-corrected chi connectivity index (χ0v) is 16.2. The van der Waals surface area contributed by atoms with Crippen LogP contribution in [0.25, 0.3) is 0 Å². The molecule has 2 rings (SSSR count). The van der Waals surface area contributed by atoms with Gasteiger partial charge in [0.2, 0.25) is 5.91 Å². The molecule has 0 aromatic carbocycles. The van der Waals surface area contributed by atoms with E-state index in [1.165, 1.54) is 0 Å². The van der Waals surface area contributed by atoms with E-state index in [1.807, 2.05) is 6.92 Å². The second-order valence-electron chi connectivity index (χ2n) is 8.07. The number of hydrogen-bond donors (Lipinski definition) is 3. The molecule has 0 saturated heterocycles. The Balaban J connectivity index is 1.96. The summed E-state index contributed by atoms with van der Waals surface area (Å²) in [5.74, 6) is -2.56. The molecule has 2 saturated carbocycles. The maximum absolute atomic E-state index is 13.1. The van der Waals surface area contributed by atoms with Crippen molar-refractivity contribution in [2.45, 2.75) is 77.2 Å². The minimum Gasteiger partial charge on any atom is -0.481 e. The summed E-state index contributed by atoms with van der Waals surface area (Å²) in [5, 5.41) is 21.8. The second kappa shape index (κ2) is 10.1. The molecule has 7 heteroatoms. The number of ether oxygens (including phenoxy) is 1. The van der Waals surface area contributed by atoms with Crippen molar-refractivity contribution in [1.82, 2.24) is 5.32 Å². The van der Waals surface area contributed by atoms with E-state index >= 15 is 0 Å². The van der Waals surface area contributed by atoms with Gasteiger partial charge >= 0.3 is 11.9 Å². The largest absolute Gasteiger partial charge is 0.481 e. The molecule has 1 atom stereocenters. The van der Waals surface area contributed by atoms with Crippen LogP contribution in [0.2, 0.25) is 0 Å². The van der Waals surface area contributed by atoms with Crippen LogP contribution in [0, 0.1) is 17.3 Å². The normalized spacial score (nSPS) is 25.7. The fraction of sp³-hybridized carbons (Fsp3) is 0.850. The van der Waals surface area contributed by atoms with E-state index in [-0.39, 0.29) is 17.9 Å². The summed E-state index contributed by atoms with van der Waals surface area (Å²) in [4.78, 5) is 35.9. The Labute approximate surface area is 160 Å². The maximum atomic E-state index is 13.1. The summed E-state index contributed by atoms with van der Waals surface area (Å²) in [5.41, 5.74) is -0.612. The third-order valence-corrected chi connectivity index (χ3v) is 6.26. The number of carbonyl (C=O) groups excluding carboxylic acids is 1. The fourth-order valence-corrected chi connectivity index (χ4v) is 4.55. The predicted molar refractivity (Wildman–Crippen MR) is 99.3 cm³/mol. The van der Waals surface area contributed by atoms with E-state index in [4.69, 9.17) is 9.84 Å². The van der Waals surface area contributed by atoms with Crippen molar-refractivity contribution in [2.24, 2.45) is 17.3 Å². The highest BCUT2D eigenvalue weighted by atomic mass is 16.5. The summed E-state index contributed by atoms with van der Waals surface area (Å²) >= 11 is 0. The van der Waals surface area contributed by atoms with Gasteiger partial charge in [-0.05, 0) is 58.3 Å². The lowest BCUT2D eigenvalue weighted by atomic mass is 9.75. The molecular formula is C20H33NO6. The predicted octanol–water partition coefficient (Wildman–Crippen LogP) is 2.82. The molecule has 2 aliphatic carbocycles. The fourth-order valence-electron chi connectivity index (χ4n) is 4.55. The lowest BCUT2D eigenvalue weighted by Gasteiger charge is -2.34. The van der Waals surface area contributed by atoms with Crippen LogP contribution in [0.5, 0.6) is 0 Å². The van der Waals surface area contributed by atoms with Crippen LogP contribution in [0.15, 0.2) is 0 Å². The number of hydrogen-bond acceptors (Lipinski definition) is 4. The molecule has 0 heterocycles. The lowest BCUT2D eigenvalue weighted by Crippen LogP contribution is -2.47. The van der Waals surface area contributed by atoms with Crippen LogP contribution in [-0.4, -0.2) is 47.3 Å². The Morgan fingerprint density at radius 1 is 1.11 bits per heavy atom. The van der Waals surface area contributed by atoms with E-state index < -0.39 is 23.3 Å². The van der Waals surface area contributed by atoms with Crippen molar-refractivity contribution in [3.8, 4) is 0 Å². The van der Waals surface area contributed by atoms with Crippen LogP contribution in [-0.2, 0) is 19.1 Å². The average molecular weight is 383 g/mol. The maximum Gasteiger partial charge on any atom is 0.306 e. The van der Waals surface area contributed by atoms with Crippen molar-refractivity contribution < 1.29 is 29.3 Å². The highest BCUT2D eigenvalue weighted by molar-refractivity contribution is 5.84. The van der Waals surface area contributed by atoms with Crippen LogP contribution < -0.4 is 5.32 Å². The van der Waals surface area contributed by atoms with Crippen molar-refractivity contribution in [1.29, 1.82) is 0 Å². The number of aliphatic carboxylic acids is 2. The van der Waals surface area contributed by atoms with E-state index in [9.17, 15) is 19.5 Å². The lowest BCUT2D eigenvalue weighted by molar-refractivity contribution is -0.145. The molecule has 1 amide bonds. The Kier molecular flexibility index (Phi) is 8.07. The topological polar surface area (TPSA) is 113 Å². The van der Waals surface area contributed by atoms with Gasteiger partial charge < -0.3 is 20.3 Å². The SMILES string of the molecule is CCOCCC(CC1(C(=O)NC2CCC(C(=O)O)CC2)CCCC1)C(=O)O. The van der Waals surface area contributed by atoms with Gasteiger partial charge in [0.05, 0.1) is 17.3 Å². The number of amides is 1. The third-order valence-electron chi connectivity index (χ3n) is 6.26. The molecule has 2 fully saturated rings. The third kappa shape index (κ3) is 5.92. The van der Waals surface area contributed by atoms with E-state index in [1.54, 1.807) is 0 Å². The number of carboxylic acid groups (broad SMARTS) is 2. The van der Waals surface area contributed by atoms with Gasteiger partial charge in [0.25, 0.3) is 0 Å². The first-order chi connectivity index (χ1) is 12.9. The van der Waals surface area contributed by atoms with Crippen LogP contribution in [0.3, 0.4) is 0 Å². The molecule has 0 aliphatic heterocycles. The zero-order chi connectivity index (χ0) is 19.9. The van der Waals surface area contributed by atoms with Crippen LogP contribution >= 0.6 is 0 Å². The van der Waals surface area contributed by atoms with E-state index in [2.05, 4.69) is 5.32 Å². The average Bonchev–Trinajstić information content (AvgIpc) is 3.11. The Morgan fingerprint density at radius 3 is 2.26 bits per heavy atom. The molecule has 27 heavy (non-hydrogen) atoms. The molecule has 3 N–H and O–H groups in total. The van der Waals surface area contributed by atoms with Crippen molar-refractivity contribution >= 4 is 17.8 Å². The zero-order valence-electron chi connectivity index (χ0n) is 16.2. The first-order valence-corrected chi connectivity index (χ1v) is 10.2. The van der Waals surface area contributed by atoms with Crippen LogP contribution in [0.1, 0.15) is 71.1 Å². The number of nitrogens with one attached hydrogen (secondary N) is 1. The Bertz CT molecular complexity index is 521. The molecule has 154 valence electrons. The molecule has 0 bridgehead atoms. The Hall–Kier alpha value is -1.63. The van der Waals surface area contributed by atoms with Gasteiger partial charge in [-0.2, -0.15) is 0 Å². The molecule has 0 aromatic rings. The van der Waals surface area contributed by atoms with Gasteiger partial charge in [0.15, 0.2) is 0 Å². The van der Waals surface area contributed by atoms with Crippen molar-refractivity contribution in [3.63, 3.8) is 0 Å². The molecule has 7 nitrogen and oxygen atoms in total. The number of rotatable bonds is 10. The highest BCUT2D eigenvalue weighted by Gasteiger charge is 2.44. The smallest absolute Gasteiger partial charge is 0.306 e. The number of carboxylic acids is 2. The molecule has 2 aliphatic rings. The molecule has 0 radical (unpaired) electrons. The first-order valence-electron chi connectivity index (χ1n) is 10.2. The Morgan fingerprint density at radius 2 is 1.74 bits per heavy atom. The van der Waals surface area contributed by atoms with Gasteiger partial charge in [-0.15, -0.1) is 0 Å². The van der Waals surface area contributed by atoms with Gasteiger partial charge in [0.1, 0.15) is 0 Å². The van der Waals surface area contributed by atoms with Gasteiger partial charge in [-0.25, -0.2) is 0 Å². The quantitative estimate of drug-likeness (QED) is 0.500. The monoisotopic (exact) mass is 383 g/mol. The van der Waals surface area contributed by atoms with Gasteiger partial charge in [0, 0.05) is 19.3 Å². The first kappa shape index (κ1) is 21.7. The summed E-state index contributed by atoms with van der Waals surface area (Å²) in [7, 11) is 0. The van der Waals surface area contributed by atoms with E-state index in [0.29, 0.717) is 51.7 Å². The summed E-state index contributed by atoms with van der Waals surface area (Å²) in [6, 6.07) is -0.00252. The number of carbonyl (C=O) groups is 3. The van der Waals surface area contributed by atoms with Crippen molar-refractivity contribution in [3.05, 3.63) is 0 Å². The minimum absolute atomic E-state index is 0.00252. The summed E-state index contributed by atoms with van der Waals surface area (Å²) < 4.78 is 5.31. The highest BCUT2D eigenvalue weighted by Crippen LogP contribution is 2.44. The molecule has 0 aromatic heterocycles. The molecular weight excluding hydrogens is 350 g/mol. The van der Waals surface area contributed by atoms with Crippen molar-refractivity contribution in [2.75, 3.05) is 13.2 Å². The van der Waals surface area contributed by atoms with Gasteiger partial charge in [-0.3, -0.25) is 14.4 Å². The van der Waals surface area contributed by atoms with Gasteiger partial charge in [-0.1, -0.05) is 12.8 Å². The standard InChI is InChI=1S/C20H33NO6/c1-2-27-12-9-15(18(24)25)13-20(10-3-4-11-20)19(26)21-16-7-5-14(6-8-16)17(22)23/h14-16H,2-13H2,1H3,(H,21,26)(H,22,23)(H,24,25). The molecule has 1 unspecified atom stereocenters. The van der Waals surface area contributed by atoms with Crippen LogP contribution in [0.4, 0.5) is 0 Å². The second-order valence-corrected chi connectivity index (χ2v) is 8.07. The summed E-state index contributed by atoms with van der Waals surface area (Å²) in [6.45, 7) is 2.82. The molecule has 0 spiro atoms. The summed E-state index contributed by atoms with van der Waals surface area (Å²) in [6.07, 6.45) is 6.61. The minimum atomic E-state index is -0.865.